The Labute approximate surface area is 160 Å². The lowest BCUT2D eigenvalue weighted by atomic mass is 10.0. The van der Waals surface area contributed by atoms with Gasteiger partial charge in [0.2, 0.25) is 5.82 Å². The minimum absolute atomic E-state index is 0.194. The molecule has 0 amide bonds. The Morgan fingerprint density at radius 1 is 1.00 bits per heavy atom. The predicted octanol–water partition coefficient (Wildman–Crippen LogP) is 4.02. The third-order valence-electron chi connectivity index (χ3n) is 4.25. The molecule has 4 aromatic heterocycles. The fourth-order valence-electron chi connectivity index (χ4n) is 2.88. The maximum absolute atomic E-state index is 13.1. The minimum Gasteiger partial charge on any atom is -0.495 e. The zero-order valence-corrected chi connectivity index (χ0v) is 15.5. The van der Waals surface area contributed by atoms with Crippen molar-refractivity contribution in [3.8, 4) is 40.0 Å². The summed E-state index contributed by atoms with van der Waals surface area (Å²) in [6, 6.07) is 6.58. The van der Waals surface area contributed by atoms with Gasteiger partial charge in [-0.25, -0.2) is 14.4 Å². The molecule has 0 aromatic carbocycles. The zero-order valence-electron chi connectivity index (χ0n) is 15.5. The summed E-state index contributed by atoms with van der Waals surface area (Å²) < 4.78 is 23.7. The van der Waals surface area contributed by atoms with Gasteiger partial charge >= 0.3 is 0 Å². The second kappa shape index (κ2) is 7.15. The molecule has 0 aliphatic heterocycles. The van der Waals surface area contributed by atoms with Crippen molar-refractivity contribution in [3.05, 3.63) is 59.9 Å². The van der Waals surface area contributed by atoms with E-state index in [1.165, 1.54) is 12.1 Å². The van der Waals surface area contributed by atoms with Crippen LogP contribution in [0.5, 0.6) is 5.75 Å². The van der Waals surface area contributed by atoms with E-state index in [4.69, 9.17) is 9.26 Å². The van der Waals surface area contributed by atoms with E-state index in [9.17, 15) is 4.39 Å². The highest BCUT2D eigenvalue weighted by Gasteiger charge is 2.16. The quantitative estimate of drug-likeness (QED) is 0.531. The summed E-state index contributed by atoms with van der Waals surface area (Å²) in [6.07, 6.45) is 4.55. The number of rotatable bonds is 4. The molecule has 0 radical (unpaired) electrons. The maximum Gasteiger partial charge on any atom is 0.276 e. The van der Waals surface area contributed by atoms with Gasteiger partial charge in [-0.3, -0.25) is 4.98 Å². The number of aryl methyl sites for hydroxylation is 1. The van der Waals surface area contributed by atoms with E-state index in [0.717, 1.165) is 28.6 Å². The van der Waals surface area contributed by atoms with Crippen molar-refractivity contribution < 1.29 is 13.7 Å². The molecule has 0 bridgehead atoms. The van der Waals surface area contributed by atoms with Gasteiger partial charge in [-0.15, -0.1) is 0 Å². The molecule has 140 valence electrons. The second-order valence-corrected chi connectivity index (χ2v) is 6.18. The third-order valence-corrected chi connectivity index (χ3v) is 4.25. The van der Waals surface area contributed by atoms with E-state index < -0.39 is 5.82 Å². The van der Waals surface area contributed by atoms with Crippen LogP contribution in [-0.2, 0) is 0 Å². The Kier molecular flexibility index (Phi) is 4.52. The first-order valence-corrected chi connectivity index (χ1v) is 8.49. The average Bonchev–Trinajstić information content (AvgIpc) is 3.18. The monoisotopic (exact) mass is 377 g/mol. The summed E-state index contributed by atoms with van der Waals surface area (Å²) in [5.74, 6) is 0.784. The summed E-state index contributed by atoms with van der Waals surface area (Å²) >= 11 is 0. The summed E-state index contributed by atoms with van der Waals surface area (Å²) in [5.41, 5.74) is 4.54. The van der Waals surface area contributed by atoms with Gasteiger partial charge in [0, 0.05) is 23.0 Å². The molecule has 0 atom stereocenters. The Morgan fingerprint density at radius 3 is 2.61 bits per heavy atom. The fourth-order valence-corrected chi connectivity index (χ4v) is 2.88. The molecular weight excluding hydrogens is 361 g/mol. The highest BCUT2D eigenvalue weighted by atomic mass is 19.1. The van der Waals surface area contributed by atoms with Crippen LogP contribution in [-0.4, -0.2) is 32.2 Å². The number of hydrogen-bond donors (Lipinski definition) is 0. The van der Waals surface area contributed by atoms with Crippen molar-refractivity contribution in [1.29, 1.82) is 0 Å². The summed E-state index contributed by atoms with van der Waals surface area (Å²) in [6.45, 7) is 3.86. The number of halogens is 1. The molecule has 0 unspecified atom stereocenters. The van der Waals surface area contributed by atoms with Gasteiger partial charge < -0.3 is 9.26 Å². The van der Waals surface area contributed by atoms with Crippen LogP contribution in [0.1, 0.15) is 11.3 Å². The van der Waals surface area contributed by atoms with Crippen LogP contribution >= 0.6 is 0 Å². The molecule has 4 aromatic rings. The maximum atomic E-state index is 13.1. The molecule has 8 heteroatoms. The number of pyridine rings is 3. The van der Waals surface area contributed by atoms with E-state index in [-0.39, 0.29) is 5.89 Å². The van der Waals surface area contributed by atoms with Gasteiger partial charge in [-0.05, 0) is 43.7 Å². The average molecular weight is 377 g/mol. The number of hydrogen-bond acceptors (Lipinski definition) is 7. The molecule has 0 spiro atoms. The van der Waals surface area contributed by atoms with Crippen LogP contribution in [0.3, 0.4) is 0 Å². The van der Waals surface area contributed by atoms with Crippen LogP contribution in [0.2, 0.25) is 0 Å². The number of methoxy groups -OCH3 is 1. The molecule has 4 rings (SSSR count). The Bertz CT molecular complexity index is 1140. The molecule has 4 heterocycles. The second-order valence-electron chi connectivity index (χ2n) is 6.18. The molecular formula is C20H16FN5O2. The molecule has 0 saturated heterocycles. The standard InChI is InChI=1S/C20H16FN5O2/c1-11-6-13(15-9-22-10-18(27-3)12(15)2)7-17(24-11)19-25-20(28-26-19)16-5-4-14(21)8-23-16/h4-10H,1-3H3. The van der Waals surface area contributed by atoms with Gasteiger partial charge in [-0.2, -0.15) is 4.98 Å². The Hall–Kier alpha value is -3.68. The van der Waals surface area contributed by atoms with Gasteiger partial charge in [0.05, 0.1) is 19.5 Å². The van der Waals surface area contributed by atoms with Crippen LogP contribution in [0.15, 0.2) is 47.4 Å². The van der Waals surface area contributed by atoms with Crippen LogP contribution < -0.4 is 4.74 Å². The zero-order chi connectivity index (χ0) is 19.7. The molecule has 0 fully saturated rings. The Balaban J connectivity index is 1.75. The summed E-state index contributed by atoms with van der Waals surface area (Å²) in [7, 11) is 1.61. The van der Waals surface area contributed by atoms with E-state index in [2.05, 4.69) is 25.1 Å². The summed E-state index contributed by atoms with van der Waals surface area (Å²) in [4.78, 5) is 17.0. The van der Waals surface area contributed by atoms with Crippen molar-refractivity contribution in [2.24, 2.45) is 0 Å². The molecule has 0 saturated carbocycles. The largest absolute Gasteiger partial charge is 0.495 e. The van der Waals surface area contributed by atoms with E-state index in [0.29, 0.717) is 23.0 Å². The smallest absolute Gasteiger partial charge is 0.276 e. The highest BCUT2D eigenvalue weighted by Crippen LogP contribution is 2.31. The first-order valence-electron chi connectivity index (χ1n) is 8.49. The first kappa shape index (κ1) is 17.7. The lowest BCUT2D eigenvalue weighted by Gasteiger charge is -2.11. The van der Waals surface area contributed by atoms with Gasteiger partial charge in [0.1, 0.15) is 23.0 Å². The lowest BCUT2D eigenvalue weighted by Crippen LogP contribution is -1.95. The molecule has 7 nitrogen and oxygen atoms in total. The Morgan fingerprint density at radius 2 is 1.86 bits per heavy atom. The van der Waals surface area contributed by atoms with Crippen molar-refractivity contribution >= 4 is 0 Å². The van der Waals surface area contributed by atoms with E-state index >= 15 is 0 Å². The van der Waals surface area contributed by atoms with Crippen molar-refractivity contribution in [2.75, 3.05) is 7.11 Å². The van der Waals surface area contributed by atoms with Crippen LogP contribution in [0.4, 0.5) is 4.39 Å². The molecule has 0 N–H and O–H groups in total. The predicted molar refractivity (Wildman–Crippen MR) is 100.0 cm³/mol. The van der Waals surface area contributed by atoms with Crippen molar-refractivity contribution in [3.63, 3.8) is 0 Å². The normalized spacial score (nSPS) is 10.9. The van der Waals surface area contributed by atoms with Crippen LogP contribution in [0.25, 0.3) is 34.2 Å². The number of aromatic nitrogens is 5. The van der Waals surface area contributed by atoms with Gasteiger partial charge in [-0.1, -0.05) is 5.16 Å². The van der Waals surface area contributed by atoms with Crippen molar-refractivity contribution in [2.45, 2.75) is 13.8 Å². The number of nitrogens with zero attached hydrogens (tertiary/aromatic N) is 5. The molecule has 28 heavy (non-hydrogen) atoms. The van der Waals surface area contributed by atoms with Gasteiger partial charge in [0.15, 0.2) is 0 Å². The van der Waals surface area contributed by atoms with E-state index in [1.54, 1.807) is 19.5 Å². The summed E-state index contributed by atoms with van der Waals surface area (Å²) in [5, 5.41) is 3.99. The number of ether oxygens (including phenoxy) is 1. The lowest BCUT2D eigenvalue weighted by molar-refractivity contribution is 0.410. The molecule has 0 aliphatic rings. The molecule has 0 aliphatic carbocycles. The highest BCUT2D eigenvalue weighted by molar-refractivity contribution is 5.72. The minimum atomic E-state index is -0.434. The SMILES string of the molecule is COc1cncc(-c2cc(C)nc(-c3noc(-c4ccc(F)cn4)n3)c2)c1C. The van der Waals surface area contributed by atoms with Crippen molar-refractivity contribution in [1.82, 2.24) is 25.1 Å². The first-order chi connectivity index (χ1) is 13.5. The fraction of sp³-hybridized carbons (Fsp3) is 0.150. The van der Waals surface area contributed by atoms with E-state index in [1.807, 2.05) is 26.0 Å². The van der Waals surface area contributed by atoms with Crippen LogP contribution in [0, 0.1) is 19.7 Å². The van der Waals surface area contributed by atoms with Gasteiger partial charge in [0.25, 0.3) is 5.89 Å². The topological polar surface area (TPSA) is 86.8 Å². The third kappa shape index (κ3) is 3.32.